The van der Waals surface area contributed by atoms with Crippen LogP contribution in [-0.2, 0) is 4.79 Å². The summed E-state index contributed by atoms with van der Waals surface area (Å²) < 4.78 is 1.02. The number of amides is 1. The second-order valence-corrected chi connectivity index (χ2v) is 6.03. The molecule has 6 nitrogen and oxygen atoms in total. The molecule has 110 valence electrons. The van der Waals surface area contributed by atoms with Gasteiger partial charge in [-0.25, -0.2) is 4.98 Å². The molecule has 0 bridgehead atoms. The molecule has 2 atom stereocenters. The normalized spacial score (nSPS) is 21.8. The molecule has 1 aromatic heterocycles. The molecule has 0 saturated heterocycles. The Morgan fingerprint density at radius 3 is 2.71 bits per heavy atom. The molecule has 7 heteroatoms. The van der Waals surface area contributed by atoms with Crippen LogP contribution >= 0.6 is 11.3 Å². The number of nitrogens with zero attached hydrogens (tertiary/aromatic N) is 1. The van der Waals surface area contributed by atoms with Gasteiger partial charge in [0.05, 0.1) is 10.2 Å². The zero-order chi connectivity index (χ0) is 15.0. The Hall–Kier alpha value is -2.12. The maximum atomic E-state index is 11.9. The molecule has 1 aromatic carbocycles. The van der Waals surface area contributed by atoms with E-state index in [0.29, 0.717) is 16.4 Å². The predicted molar refractivity (Wildman–Crippen MR) is 84.3 cm³/mol. The fourth-order valence-corrected chi connectivity index (χ4v) is 3.17. The van der Waals surface area contributed by atoms with Crippen molar-refractivity contribution in [1.29, 1.82) is 0 Å². The van der Waals surface area contributed by atoms with E-state index in [1.165, 1.54) is 11.3 Å². The van der Waals surface area contributed by atoms with E-state index >= 15 is 0 Å². The quantitative estimate of drug-likeness (QED) is 0.597. The third-order valence-corrected chi connectivity index (χ3v) is 4.48. The summed E-state index contributed by atoms with van der Waals surface area (Å²) in [5.74, 6) is 0.0691. The number of aromatic nitrogens is 1. The summed E-state index contributed by atoms with van der Waals surface area (Å²) in [4.78, 5) is 16.4. The van der Waals surface area contributed by atoms with Crippen molar-refractivity contribution < 1.29 is 4.79 Å². The standard InChI is InChI=1S/C14H17N5OS/c1-17-13(18-9-6-7(9)15)11(12(16)20)14-19-8-4-2-3-5-10(8)21-14/h2-5,7,9,17-18H,6,15H2,1H3,(H2,16,20)/b13-11-/t7-,9+/m0/s1. The number of hydrogen-bond donors (Lipinski definition) is 4. The second-order valence-electron chi connectivity index (χ2n) is 5.00. The first-order chi connectivity index (χ1) is 10.1. The molecular formula is C14H17N5OS. The lowest BCUT2D eigenvalue weighted by molar-refractivity contribution is -0.112. The van der Waals surface area contributed by atoms with E-state index < -0.39 is 5.91 Å². The Bertz CT molecular complexity index is 690. The van der Waals surface area contributed by atoms with Gasteiger partial charge in [0, 0.05) is 19.1 Å². The molecule has 0 spiro atoms. The van der Waals surface area contributed by atoms with Crippen LogP contribution in [0.25, 0.3) is 15.8 Å². The molecule has 0 unspecified atom stereocenters. The first-order valence-electron chi connectivity index (χ1n) is 6.70. The van der Waals surface area contributed by atoms with Gasteiger partial charge >= 0.3 is 0 Å². The van der Waals surface area contributed by atoms with Crippen molar-refractivity contribution in [2.75, 3.05) is 7.05 Å². The van der Waals surface area contributed by atoms with Crippen molar-refractivity contribution in [1.82, 2.24) is 15.6 Å². The number of primary amides is 1. The minimum absolute atomic E-state index is 0.123. The number of carbonyl (C=O) groups is 1. The van der Waals surface area contributed by atoms with Crippen LogP contribution in [0.15, 0.2) is 30.1 Å². The van der Waals surface area contributed by atoms with Gasteiger partial charge in [-0.15, -0.1) is 11.3 Å². The highest BCUT2D eigenvalue weighted by Gasteiger charge is 2.35. The number of hydrogen-bond acceptors (Lipinski definition) is 6. The minimum Gasteiger partial charge on any atom is -0.374 e. The zero-order valence-electron chi connectivity index (χ0n) is 11.6. The topological polar surface area (TPSA) is 106 Å². The fourth-order valence-electron chi connectivity index (χ4n) is 2.15. The molecular weight excluding hydrogens is 286 g/mol. The number of thiazole rings is 1. The smallest absolute Gasteiger partial charge is 0.255 e. The van der Waals surface area contributed by atoms with Crippen molar-refractivity contribution in [2.45, 2.75) is 18.5 Å². The van der Waals surface area contributed by atoms with Gasteiger partial charge in [-0.3, -0.25) is 4.79 Å². The average molecular weight is 303 g/mol. The minimum atomic E-state index is -0.514. The van der Waals surface area contributed by atoms with Gasteiger partial charge in [-0.05, 0) is 18.6 Å². The number of benzene rings is 1. The first kappa shape index (κ1) is 13.8. The molecule has 1 aliphatic carbocycles. The van der Waals surface area contributed by atoms with E-state index in [4.69, 9.17) is 11.5 Å². The molecule has 3 rings (SSSR count). The third-order valence-electron chi connectivity index (χ3n) is 3.42. The number of para-hydroxylation sites is 1. The number of rotatable bonds is 5. The van der Waals surface area contributed by atoms with Gasteiger partial charge in [0.2, 0.25) is 0 Å². The van der Waals surface area contributed by atoms with Crippen molar-refractivity contribution in [3.8, 4) is 0 Å². The van der Waals surface area contributed by atoms with Gasteiger partial charge in [-0.2, -0.15) is 0 Å². The van der Waals surface area contributed by atoms with E-state index in [1.807, 2.05) is 24.3 Å². The summed E-state index contributed by atoms with van der Waals surface area (Å²) in [6, 6.07) is 8.04. The lowest BCUT2D eigenvalue weighted by Gasteiger charge is -2.13. The average Bonchev–Trinajstić information content (AvgIpc) is 2.99. The van der Waals surface area contributed by atoms with Crippen LogP contribution in [0.2, 0.25) is 0 Å². The zero-order valence-corrected chi connectivity index (χ0v) is 12.4. The van der Waals surface area contributed by atoms with Crippen LogP contribution in [0.1, 0.15) is 11.4 Å². The molecule has 1 heterocycles. The molecule has 6 N–H and O–H groups in total. The Labute approximate surface area is 126 Å². The van der Waals surface area contributed by atoms with Crippen LogP contribution in [0, 0.1) is 0 Å². The molecule has 1 fully saturated rings. The summed E-state index contributed by atoms with van der Waals surface area (Å²) in [6.07, 6.45) is 0.886. The number of fused-ring (bicyclic) bond motifs is 1. The fraction of sp³-hybridized carbons (Fsp3) is 0.286. The van der Waals surface area contributed by atoms with Crippen LogP contribution < -0.4 is 22.1 Å². The van der Waals surface area contributed by atoms with Crippen molar-refractivity contribution in [2.24, 2.45) is 11.5 Å². The van der Waals surface area contributed by atoms with Crippen LogP contribution in [0.4, 0.5) is 0 Å². The first-order valence-corrected chi connectivity index (χ1v) is 7.51. The number of nitrogens with two attached hydrogens (primary N) is 2. The molecule has 2 aromatic rings. The number of carbonyl (C=O) groups excluding carboxylic acids is 1. The molecule has 0 radical (unpaired) electrons. The monoisotopic (exact) mass is 303 g/mol. The highest BCUT2D eigenvalue weighted by molar-refractivity contribution is 7.19. The van der Waals surface area contributed by atoms with Crippen LogP contribution in [0.5, 0.6) is 0 Å². The van der Waals surface area contributed by atoms with Crippen molar-refractivity contribution in [3.05, 3.63) is 35.1 Å². The Balaban J connectivity index is 2.04. The summed E-state index contributed by atoms with van der Waals surface area (Å²) in [5, 5.41) is 6.83. The Kier molecular flexibility index (Phi) is 3.52. The van der Waals surface area contributed by atoms with E-state index in [2.05, 4.69) is 15.6 Å². The predicted octanol–water partition coefficient (Wildman–Crippen LogP) is 0.359. The van der Waals surface area contributed by atoms with Crippen LogP contribution in [0.3, 0.4) is 0 Å². The summed E-state index contributed by atoms with van der Waals surface area (Å²) in [5.41, 5.74) is 12.6. The van der Waals surface area contributed by atoms with E-state index in [0.717, 1.165) is 16.6 Å². The van der Waals surface area contributed by atoms with E-state index in [-0.39, 0.29) is 12.1 Å². The molecule has 1 aliphatic rings. The summed E-state index contributed by atoms with van der Waals surface area (Å²) in [7, 11) is 1.74. The number of nitrogens with one attached hydrogen (secondary N) is 2. The third kappa shape index (κ3) is 2.70. The van der Waals surface area contributed by atoms with Crippen LogP contribution in [-0.4, -0.2) is 30.0 Å². The summed E-state index contributed by atoms with van der Waals surface area (Å²) >= 11 is 1.44. The maximum Gasteiger partial charge on any atom is 0.255 e. The van der Waals surface area contributed by atoms with E-state index in [1.54, 1.807) is 7.05 Å². The maximum absolute atomic E-state index is 11.9. The van der Waals surface area contributed by atoms with Gasteiger partial charge in [0.1, 0.15) is 16.4 Å². The van der Waals surface area contributed by atoms with Gasteiger partial charge in [0.25, 0.3) is 5.91 Å². The highest BCUT2D eigenvalue weighted by atomic mass is 32.1. The summed E-state index contributed by atoms with van der Waals surface area (Å²) in [6.45, 7) is 0. The van der Waals surface area contributed by atoms with E-state index in [9.17, 15) is 4.79 Å². The molecule has 21 heavy (non-hydrogen) atoms. The van der Waals surface area contributed by atoms with Crippen molar-refractivity contribution >= 4 is 33.0 Å². The lowest BCUT2D eigenvalue weighted by atomic mass is 10.2. The van der Waals surface area contributed by atoms with Gasteiger partial charge in [-0.1, -0.05) is 12.1 Å². The molecule has 0 aliphatic heterocycles. The van der Waals surface area contributed by atoms with Crippen molar-refractivity contribution in [3.63, 3.8) is 0 Å². The highest BCUT2D eigenvalue weighted by Crippen LogP contribution is 2.29. The second kappa shape index (κ2) is 5.34. The molecule has 1 amide bonds. The van der Waals surface area contributed by atoms with Gasteiger partial charge in [0.15, 0.2) is 0 Å². The Morgan fingerprint density at radius 2 is 2.14 bits per heavy atom. The SMILES string of the molecule is CN/C(N[C@@H]1C[C@@H]1N)=C(\C(N)=O)c1nc2ccccc2s1. The van der Waals surface area contributed by atoms with Gasteiger partial charge < -0.3 is 22.1 Å². The largest absolute Gasteiger partial charge is 0.374 e. The Morgan fingerprint density at radius 1 is 1.43 bits per heavy atom. The lowest BCUT2D eigenvalue weighted by Crippen LogP contribution is -2.32. The molecule has 1 saturated carbocycles.